The Morgan fingerprint density at radius 2 is 1.00 bits per heavy atom. The summed E-state index contributed by atoms with van der Waals surface area (Å²) in [4.78, 5) is 0. The van der Waals surface area contributed by atoms with Crippen molar-refractivity contribution in [3.63, 3.8) is 0 Å². The average molecular weight is 601 g/mol. The minimum Gasteiger partial charge on any atom is -0.387 e. The van der Waals surface area contributed by atoms with Crippen molar-refractivity contribution in [2.75, 3.05) is 0 Å². The molecule has 8 atom stereocenters. The van der Waals surface area contributed by atoms with Crippen molar-refractivity contribution in [3.8, 4) is 0 Å². The topological polar surface area (TPSA) is 118 Å². The summed E-state index contributed by atoms with van der Waals surface area (Å²) in [7, 11) is 0. The predicted molar refractivity (Wildman–Crippen MR) is 139 cm³/mol. The molecule has 12 heteroatoms. The molecule has 4 N–H and O–H groups in total. The molecule has 0 aromatic heterocycles. The first-order valence-corrected chi connectivity index (χ1v) is 14.1. The number of aliphatic hydroxyl groups is 4. The van der Waals surface area contributed by atoms with E-state index in [1.54, 1.807) is 48.5 Å². The SMILES string of the molecule is O[C@@H]1[C@@H](OCc2ccccc2)C(F)(F)[C@]2(O)CCC[C@H]1O2.O[C@@H]1[C@@H]2CCC[C@@](O)(O2)C(F)(F)[C@H]1OCc1ccccc1. The van der Waals surface area contributed by atoms with Crippen molar-refractivity contribution < 1.29 is 56.9 Å². The maximum atomic E-state index is 14.4. The molecule has 2 aromatic rings. The number of benzene rings is 2. The largest absolute Gasteiger partial charge is 0.387 e. The van der Waals surface area contributed by atoms with Crippen LogP contribution in [0.25, 0.3) is 0 Å². The van der Waals surface area contributed by atoms with Crippen LogP contribution in [0.5, 0.6) is 0 Å². The Labute approximate surface area is 240 Å². The summed E-state index contributed by atoms with van der Waals surface area (Å²) in [5.41, 5.74) is 1.45. The van der Waals surface area contributed by atoms with Crippen LogP contribution in [-0.2, 0) is 32.2 Å². The second-order valence-electron chi connectivity index (χ2n) is 11.3. The van der Waals surface area contributed by atoms with Crippen LogP contribution in [0.2, 0.25) is 0 Å². The summed E-state index contributed by atoms with van der Waals surface area (Å²) in [6.45, 7) is -0.109. The molecule has 4 bridgehead atoms. The highest BCUT2D eigenvalue weighted by Crippen LogP contribution is 2.50. The number of ether oxygens (including phenoxy) is 4. The van der Waals surface area contributed by atoms with Crippen LogP contribution in [0.15, 0.2) is 60.7 Å². The third-order valence-corrected chi connectivity index (χ3v) is 8.38. The molecule has 4 aliphatic rings. The fraction of sp³-hybridized carbons (Fsp3) is 0.600. The number of fused-ring (bicyclic) bond motifs is 4. The standard InChI is InChI=1S/2C15H18F2O4/c2*16-15(17)13(20-9-10-5-2-1-3-6-10)12(18)11-7-4-8-14(15,19)21-11/h2*1-3,5-6,11-13,18-19H,4,7-9H2/t2*11-,12+,13-,14+/m10/s1. The van der Waals surface area contributed by atoms with E-state index in [2.05, 4.69) is 0 Å². The molecular formula is C30H36F4O8. The van der Waals surface area contributed by atoms with Crippen LogP contribution in [0.1, 0.15) is 49.7 Å². The molecule has 232 valence electrons. The lowest BCUT2D eigenvalue weighted by atomic mass is 9.82. The van der Waals surface area contributed by atoms with Gasteiger partial charge in [-0.25, -0.2) is 0 Å². The van der Waals surface area contributed by atoms with E-state index in [0.29, 0.717) is 25.7 Å². The lowest BCUT2D eigenvalue weighted by molar-refractivity contribution is -0.420. The van der Waals surface area contributed by atoms with E-state index in [-0.39, 0.29) is 26.1 Å². The monoisotopic (exact) mass is 600 g/mol. The van der Waals surface area contributed by atoms with Gasteiger partial charge in [0, 0.05) is 12.8 Å². The van der Waals surface area contributed by atoms with Gasteiger partial charge in [0.15, 0.2) is 12.2 Å². The van der Waals surface area contributed by atoms with Crippen molar-refractivity contribution in [1.82, 2.24) is 0 Å². The van der Waals surface area contributed by atoms with E-state index in [9.17, 15) is 38.0 Å². The Hall–Kier alpha value is -2.16. The van der Waals surface area contributed by atoms with Crippen molar-refractivity contribution in [2.45, 2.75) is 112 Å². The number of hydrogen-bond acceptors (Lipinski definition) is 8. The minimum atomic E-state index is -3.65. The molecule has 0 spiro atoms. The highest BCUT2D eigenvalue weighted by atomic mass is 19.3. The Morgan fingerprint density at radius 1 is 0.643 bits per heavy atom. The maximum absolute atomic E-state index is 14.4. The van der Waals surface area contributed by atoms with Gasteiger partial charge in [-0.2, -0.15) is 17.6 Å². The Balaban J connectivity index is 0.000000168. The molecule has 0 unspecified atom stereocenters. The fourth-order valence-electron chi connectivity index (χ4n) is 5.98. The van der Waals surface area contributed by atoms with Crippen molar-refractivity contribution in [2.24, 2.45) is 0 Å². The highest BCUT2D eigenvalue weighted by molar-refractivity contribution is 5.15. The predicted octanol–water partition coefficient (Wildman–Crippen LogP) is 3.68. The summed E-state index contributed by atoms with van der Waals surface area (Å²) in [6.07, 6.45) is -6.76. The Kier molecular flexibility index (Phi) is 9.00. The van der Waals surface area contributed by atoms with Crippen LogP contribution in [0.3, 0.4) is 0 Å². The summed E-state index contributed by atoms with van der Waals surface area (Å²) in [5.74, 6) is -12.4. The molecule has 6 rings (SSSR count). The van der Waals surface area contributed by atoms with Gasteiger partial charge in [-0.15, -0.1) is 0 Å². The van der Waals surface area contributed by atoms with Gasteiger partial charge >= 0.3 is 11.8 Å². The van der Waals surface area contributed by atoms with Crippen LogP contribution in [0, 0.1) is 0 Å². The smallest absolute Gasteiger partial charge is 0.328 e. The molecule has 8 nitrogen and oxygen atoms in total. The molecule has 0 radical (unpaired) electrons. The first-order valence-electron chi connectivity index (χ1n) is 14.1. The molecule has 2 aromatic carbocycles. The summed E-state index contributed by atoms with van der Waals surface area (Å²) < 4.78 is 78.2. The molecule has 4 aliphatic heterocycles. The van der Waals surface area contributed by atoms with E-state index in [1.165, 1.54) is 0 Å². The second-order valence-corrected chi connectivity index (χ2v) is 11.3. The molecule has 4 saturated heterocycles. The zero-order chi connectivity index (χ0) is 30.2. The normalized spacial score (nSPS) is 38.2. The van der Waals surface area contributed by atoms with Gasteiger partial charge in [-0.05, 0) is 36.8 Å². The summed E-state index contributed by atoms with van der Waals surface area (Å²) in [6, 6.07) is 17.7. The summed E-state index contributed by atoms with van der Waals surface area (Å²) in [5, 5.41) is 40.2. The van der Waals surface area contributed by atoms with Crippen molar-refractivity contribution in [3.05, 3.63) is 71.8 Å². The van der Waals surface area contributed by atoms with E-state index in [4.69, 9.17) is 18.9 Å². The zero-order valence-electron chi connectivity index (χ0n) is 22.8. The van der Waals surface area contributed by atoms with Gasteiger partial charge in [-0.1, -0.05) is 60.7 Å². The van der Waals surface area contributed by atoms with Crippen LogP contribution >= 0.6 is 0 Å². The molecule has 0 amide bonds. The van der Waals surface area contributed by atoms with Gasteiger partial charge in [-0.3, -0.25) is 0 Å². The minimum absolute atomic E-state index is 0.0546. The third kappa shape index (κ3) is 5.83. The third-order valence-electron chi connectivity index (χ3n) is 8.38. The van der Waals surface area contributed by atoms with Gasteiger partial charge in [0.2, 0.25) is 11.6 Å². The van der Waals surface area contributed by atoms with Crippen LogP contribution < -0.4 is 0 Å². The first-order chi connectivity index (χ1) is 19.9. The average Bonchev–Trinajstić information content (AvgIpc) is 2.97. The molecule has 42 heavy (non-hydrogen) atoms. The van der Waals surface area contributed by atoms with Crippen LogP contribution in [0.4, 0.5) is 17.6 Å². The number of rotatable bonds is 6. The molecule has 0 aliphatic carbocycles. The zero-order valence-corrected chi connectivity index (χ0v) is 22.8. The van der Waals surface area contributed by atoms with E-state index < -0.39 is 60.0 Å². The first kappa shape index (κ1) is 31.3. The Morgan fingerprint density at radius 3 is 1.36 bits per heavy atom. The van der Waals surface area contributed by atoms with Gasteiger partial charge in [0.1, 0.15) is 12.2 Å². The number of aliphatic hydroxyl groups excluding tert-OH is 2. The van der Waals surface area contributed by atoms with Crippen molar-refractivity contribution in [1.29, 1.82) is 0 Å². The molecule has 4 fully saturated rings. The molecular weight excluding hydrogens is 564 g/mol. The number of alkyl halides is 4. The van der Waals surface area contributed by atoms with Gasteiger partial charge in [0.05, 0.1) is 25.4 Å². The Bertz CT molecular complexity index is 1080. The number of hydrogen-bond donors (Lipinski definition) is 4. The highest BCUT2D eigenvalue weighted by Gasteiger charge is 2.69. The quantitative estimate of drug-likeness (QED) is 0.371. The fourth-order valence-corrected chi connectivity index (χ4v) is 5.98. The van der Waals surface area contributed by atoms with Crippen molar-refractivity contribution >= 4 is 0 Å². The van der Waals surface area contributed by atoms with Crippen LogP contribution in [-0.4, -0.2) is 80.5 Å². The maximum Gasteiger partial charge on any atom is 0.328 e. The van der Waals surface area contributed by atoms with Gasteiger partial charge in [0.25, 0.3) is 0 Å². The lowest BCUT2D eigenvalue weighted by Gasteiger charge is -2.51. The number of halogens is 4. The van der Waals surface area contributed by atoms with E-state index >= 15 is 0 Å². The second kappa shape index (κ2) is 12.1. The lowest BCUT2D eigenvalue weighted by Crippen LogP contribution is -2.70. The van der Waals surface area contributed by atoms with Gasteiger partial charge < -0.3 is 39.4 Å². The molecule has 0 saturated carbocycles. The van der Waals surface area contributed by atoms with E-state index in [0.717, 1.165) is 11.1 Å². The molecule has 4 heterocycles. The summed E-state index contributed by atoms with van der Waals surface area (Å²) >= 11 is 0. The van der Waals surface area contributed by atoms with E-state index in [1.807, 2.05) is 12.1 Å².